The molecule has 1 fully saturated rings. The highest BCUT2D eigenvalue weighted by atomic mass is 19.4. The Morgan fingerprint density at radius 3 is 2.00 bits per heavy atom. The van der Waals surface area contributed by atoms with Gasteiger partial charge in [0.15, 0.2) is 0 Å². The van der Waals surface area contributed by atoms with E-state index in [-0.39, 0.29) is 31.8 Å². The van der Waals surface area contributed by atoms with Gasteiger partial charge in [0.2, 0.25) is 12.0 Å². The number of halogens is 3. The van der Waals surface area contributed by atoms with Gasteiger partial charge in [0.25, 0.3) is 0 Å². The van der Waals surface area contributed by atoms with Crippen LogP contribution in [0.4, 0.5) is 13.2 Å². The minimum Gasteiger partial charge on any atom is -0.452 e. The smallest absolute Gasteiger partial charge is 0.426 e. The lowest BCUT2D eigenvalue weighted by Gasteiger charge is -2.43. The predicted octanol–water partition coefficient (Wildman–Crippen LogP) is 2.13. The van der Waals surface area contributed by atoms with Crippen molar-refractivity contribution in [1.82, 2.24) is 4.90 Å². The summed E-state index contributed by atoms with van der Waals surface area (Å²) in [6, 6.07) is 0. The number of esters is 1. The minimum atomic E-state index is -4.60. The number of hydrogen-bond donors (Lipinski definition) is 0. The van der Waals surface area contributed by atoms with Gasteiger partial charge in [-0.3, -0.25) is 9.59 Å². The first-order valence-electron chi connectivity index (χ1n) is 6.06. The van der Waals surface area contributed by atoms with E-state index in [4.69, 9.17) is 0 Å². The van der Waals surface area contributed by atoms with Gasteiger partial charge in [-0.25, -0.2) is 0 Å². The molecule has 7 heteroatoms. The standard InChI is InChI=1S/C12H18F3NO3/c1-8(17)16-6-4-11(3,5-7-16)10(12(13,14)15)19-9(2)18/h10H,4-7H2,1-3H3. The number of rotatable bonds is 2. The zero-order chi connectivity index (χ0) is 14.8. The van der Waals surface area contributed by atoms with Gasteiger partial charge in [-0.2, -0.15) is 13.2 Å². The number of amides is 1. The second kappa shape index (κ2) is 5.38. The number of piperidine rings is 1. The van der Waals surface area contributed by atoms with Gasteiger partial charge >= 0.3 is 12.1 Å². The number of ether oxygens (including phenoxy) is 1. The molecule has 0 aromatic heterocycles. The minimum absolute atomic E-state index is 0.155. The van der Waals surface area contributed by atoms with Crippen molar-refractivity contribution in [1.29, 1.82) is 0 Å². The van der Waals surface area contributed by atoms with E-state index >= 15 is 0 Å². The molecular weight excluding hydrogens is 263 g/mol. The Morgan fingerprint density at radius 1 is 1.21 bits per heavy atom. The summed E-state index contributed by atoms with van der Waals surface area (Å²) in [7, 11) is 0. The fraction of sp³-hybridized carbons (Fsp3) is 0.833. The van der Waals surface area contributed by atoms with Crippen LogP contribution >= 0.6 is 0 Å². The Morgan fingerprint density at radius 2 is 1.68 bits per heavy atom. The van der Waals surface area contributed by atoms with Crippen molar-refractivity contribution < 1.29 is 27.5 Å². The molecule has 1 rings (SSSR count). The summed E-state index contributed by atoms with van der Waals surface area (Å²) in [5.74, 6) is -1.10. The summed E-state index contributed by atoms with van der Waals surface area (Å²) in [4.78, 5) is 23.5. The molecule has 1 saturated heterocycles. The van der Waals surface area contributed by atoms with Gasteiger partial charge in [-0.15, -0.1) is 0 Å². The van der Waals surface area contributed by atoms with Gasteiger partial charge < -0.3 is 9.64 Å². The molecule has 4 nitrogen and oxygen atoms in total. The Bertz CT molecular complexity index is 360. The van der Waals surface area contributed by atoms with E-state index in [0.717, 1.165) is 6.92 Å². The molecular formula is C12H18F3NO3. The maximum Gasteiger partial charge on any atom is 0.426 e. The molecule has 1 heterocycles. The third-order valence-electron chi connectivity index (χ3n) is 3.57. The van der Waals surface area contributed by atoms with E-state index < -0.39 is 23.7 Å². The Labute approximate surface area is 109 Å². The molecule has 0 radical (unpaired) electrons. The van der Waals surface area contributed by atoms with Crippen molar-refractivity contribution in [2.24, 2.45) is 5.41 Å². The van der Waals surface area contributed by atoms with E-state index in [1.807, 2.05) is 0 Å². The average Bonchev–Trinajstić information content (AvgIpc) is 2.24. The van der Waals surface area contributed by atoms with Crippen molar-refractivity contribution in [3.05, 3.63) is 0 Å². The average molecular weight is 281 g/mol. The molecule has 19 heavy (non-hydrogen) atoms. The fourth-order valence-electron chi connectivity index (χ4n) is 2.36. The zero-order valence-electron chi connectivity index (χ0n) is 11.2. The van der Waals surface area contributed by atoms with Crippen LogP contribution in [0, 0.1) is 5.41 Å². The molecule has 0 spiro atoms. The predicted molar refractivity (Wildman–Crippen MR) is 61.2 cm³/mol. The first-order chi connectivity index (χ1) is 8.56. The topological polar surface area (TPSA) is 46.6 Å². The lowest BCUT2D eigenvalue weighted by Crippen LogP contribution is -2.52. The van der Waals surface area contributed by atoms with E-state index in [0.29, 0.717) is 0 Å². The summed E-state index contributed by atoms with van der Waals surface area (Å²) >= 11 is 0. The van der Waals surface area contributed by atoms with Gasteiger partial charge in [0.05, 0.1) is 0 Å². The highest BCUT2D eigenvalue weighted by Gasteiger charge is 2.54. The Balaban J connectivity index is 2.85. The molecule has 0 aliphatic carbocycles. The molecule has 1 amide bonds. The molecule has 110 valence electrons. The van der Waals surface area contributed by atoms with Crippen LogP contribution in [-0.4, -0.2) is 42.1 Å². The van der Waals surface area contributed by atoms with Crippen LogP contribution < -0.4 is 0 Å². The Hall–Kier alpha value is -1.27. The first kappa shape index (κ1) is 15.8. The molecule has 0 aromatic carbocycles. The van der Waals surface area contributed by atoms with Crippen LogP contribution in [0.5, 0.6) is 0 Å². The van der Waals surface area contributed by atoms with Gasteiger partial charge in [0.1, 0.15) is 0 Å². The highest BCUT2D eigenvalue weighted by molar-refractivity contribution is 5.73. The summed E-state index contributed by atoms with van der Waals surface area (Å²) < 4.78 is 43.5. The quantitative estimate of drug-likeness (QED) is 0.728. The lowest BCUT2D eigenvalue weighted by atomic mass is 9.75. The van der Waals surface area contributed by atoms with E-state index in [2.05, 4.69) is 4.74 Å². The van der Waals surface area contributed by atoms with Crippen LogP contribution in [0.15, 0.2) is 0 Å². The zero-order valence-corrected chi connectivity index (χ0v) is 11.2. The molecule has 1 atom stereocenters. The second-order valence-electron chi connectivity index (χ2n) is 5.19. The van der Waals surface area contributed by atoms with Crippen molar-refractivity contribution in [3.8, 4) is 0 Å². The number of hydrogen-bond acceptors (Lipinski definition) is 3. The van der Waals surface area contributed by atoms with Crippen LogP contribution in [0.3, 0.4) is 0 Å². The number of carbonyl (C=O) groups is 2. The lowest BCUT2D eigenvalue weighted by molar-refractivity contribution is -0.253. The largest absolute Gasteiger partial charge is 0.452 e. The number of carbonyl (C=O) groups excluding carboxylic acids is 2. The maximum absolute atomic E-state index is 13.0. The molecule has 0 aromatic rings. The van der Waals surface area contributed by atoms with Crippen LogP contribution in [0.2, 0.25) is 0 Å². The summed E-state index contributed by atoms with van der Waals surface area (Å²) in [5, 5.41) is 0. The summed E-state index contributed by atoms with van der Waals surface area (Å²) in [5.41, 5.74) is -1.18. The van der Waals surface area contributed by atoms with Crippen molar-refractivity contribution in [2.45, 2.75) is 45.9 Å². The van der Waals surface area contributed by atoms with Gasteiger partial charge in [-0.05, 0) is 12.8 Å². The summed E-state index contributed by atoms with van der Waals surface area (Å²) in [6.07, 6.45) is -6.40. The molecule has 0 bridgehead atoms. The van der Waals surface area contributed by atoms with E-state index in [1.165, 1.54) is 18.7 Å². The van der Waals surface area contributed by atoms with Crippen LogP contribution in [0.25, 0.3) is 0 Å². The maximum atomic E-state index is 13.0. The summed E-state index contributed by atoms with van der Waals surface area (Å²) in [6.45, 7) is 4.30. The van der Waals surface area contributed by atoms with Crippen molar-refractivity contribution in [2.75, 3.05) is 13.1 Å². The Kier molecular flexibility index (Phi) is 4.47. The molecule has 0 saturated carbocycles. The van der Waals surface area contributed by atoms with Crippen molar-refractivity contribution in [3.63, 3.8) is 0 Å². The molecule has 1 aliphatic rings. The monoisotopic (exact) mass is 281 g/mol. The van der Waals surface area contributed by atoms with Gasteiger partial charge in [-0.1, -0.05) is 6.92 Å². The molecule has 1 unspecified atom stereocenters. The normalized spacial score (nSPS) is 20.8. The first-order valence-corrected chi connectivity index (χ1v) is 6.06. The number of alkyl halides is 3. The van der Waals surface area contributed by atoms with Gasteiger partial charge in [0, 0.05) is 32.4 Å². The van der Waals surface area contributed by atoms with Crippen molar-refractivity contribution >= 4 is 11.9 Å². The molecule has 1 aliphatic heterocycles. The number of nitrogens with zero attached hydrogens (tertiary/aromatic N) is 1. The fourth-order valence-corrected chi connectivity index (χ4v) is 2.36. The number of likely N-dealkylation sites (tertiary alicyclic amines) is 1. The third kappa shape index (κ3) is 3.84. The SMILES string of the molecule is CC(=O)OC(C(F)(F)F)C1(C)CCN(C(C)=O)CC1. The second-order valence-corrected chi connectivity index (χ2v) is 5.19. The van der Waals surface area contributed by atoms with E-state index in [1.54, 1.807) is 0 Å². The third-order valence-corrected chi connectivity index (χ3v) is 3.57. The van der Waals surface area contributed by atoms with Crippen LogP contribution in [0.1, 0.15) is 33.6 Å². The van der Waals surface area contributed by atoms with E-state index in [9.17, 15) is 22.8 Å². The highest BCUT2D eigenvalue weighted by Crippen LogP contribution is 2.43. The van der Waals surface area contributed by atoms with Crippen LogP contribution in [-0.2, 0) is 14.3 Å². The molecule has 0 N–H and O–H groups in total.